The number of H-pyrrole nitrogens is 1. The Balaban J connectivity index is 0.00000144. The van der Waals surface area contributed by atoms with Gasteiger partial charge in [0, 0.05) is 11.8 Å². The summed E-state index contributed by atoms with van der Waals surface area (Å²) in [6.07, 6.45) is 2.45. The van der Waals surface area contributed by atoms with Crippen LogP contribution in [0.5, 0.6) is 5.75 Å². The maximum absolute atomic E-state index is 5.18. The van der Waals surface area contributed by atoms with Crippen molar-refractivity contribution in [3.8, 4) is 5.75 Å². The molecule has 3 nitrogen and oxygen atoms in total. The molecule has 1 aromatic carbocycles. The second-order valence-corrected chi connectivity index (χ2v) is 4.71. The molecule has 0 aliphatic rings. The van der Waals surface area contributed by atoms with Gasteiger partial charge < -0.3 is 9.72 Å². The standard InChI is InChI=1S/C12H16N2OS.BrH/c1-3-4-7-16-12-13-10-6-5-9(15-2)8-11(10)14-12;/h5-6,8H,3-4,7H2,1-2H3,(H,13,14);1H. The van der Waals surface area contributed by atoms with E-state index in [0.29, 0.717) is 0 Å². The van der Waals surface area contributed by atoms with Crippen LogP contribution in [-0.2, 0) is 0 Å². The van der Waals surface area contributed by atoms with Crippen LogP contribution < -0.4 is 4.74 Å². The minimum absolute atomic E-state index is 0. The van der Waals surface area contributed by atoms with E-state index in [4.69, 9.17) is 4.74 Å². The average Bonchev–Trinajstić information content (AvgIpc) is 2.70. The molecule has 2 rings (SSSR count). The molecule has 0 aliphatic heterocycles. The smallest absolute Gasteiger partial charge is 0.166 e. The van der Waals surface area contributed by atoms with Crippen molar-refractivity contribution in [2.24, 2.45) is 0 Å². The number of rotatable bonds is 5. The number of hydrogen-bond donors (Lipinski definition) is 1. The molecule has 0 radical (unpaired) electrons. The number of nitrogens with zero attached hydrogens (tertiary/aromatic N) is 1. The van der Waals surface area contributed by atoms with Crippen LogP contribution in [0.4, 0.5) is 0 Å². The minimum atomic E-state index is 0. The van der Waals surface area contributed by atoms with Gasteiger partial charge in [-0.1, -0.05) is 25.1 Å². The molecule has 0 atom stereocenters. The van der Waals surface area contributed by atoms with Gasteiger partial charge in [-0.25, -0.2) is 4.98 Å². The predicted molar refractivity (Wildman–Crippen MR) is 78.6 cm³/mol. The lowest BCUT2D eigenvalue weighted by atomic mass is 10.3. The molecule has 1 N–H and O–H groups in total. The summed E-state index contributed by atoms with van der Waals surface area (Å²) in [5.41, 5.74) is 2.04. The van der Waals surface area contributed by atoms with E-state index in [-0.39, 0.29) is 17.0 Å². The Bertz CT molecular complexity index is 472. The summed E-state index contributed by atoms with van der Waals surface area (Å²) in [7, 11) is 1.68. The molecular formula is C12H17BrN2OS. The Kier molecular flexibility index (Phi) is 5.85. The minimum Gasteiger partial charge on any atom is -0.497 e. The Labute approximate surface area is 116 Å². The molecule has 0 saturated heterocycles. The van der Waals surface area contributed by atoms with E-state index in [1.54, 1.807) is 18.9 Å². The van der Waals surface area contributed by atoms with E-state index < -0.39 is 0 Å². The van der Waals surface area contributed by atoms with Crippen LogP contribution in [-0.4, -0.2) is 22.8 Å². The third-order valence-electron chi connectivity index (χ3n) is 2.40. The Morgan fingerprint density at radius 1 is 1.41 bits per heavy atom. The summed E-state index contributed by atoms with van der Waals surface area (Å²) < 4.78 is 5.18. The van der Waals surface area contributed by atoms with Gasteiger partial charge in [-0.05, 0) is 18.6 Å². The molecule has 0 bridgehead atoms. The van der Waals surface area contributed by atoms with Crippen LogP contribution in [0.3, 0.4) is 0 Å². The summed E-state index contributed by atoms with van der Waals surface area (Å²) in [4.78, 5) is 7.81. The Hall–Kier alpha value is -0.680. The molecule has 0 aliphatic carbocycles. The second kappa shape index (κ2) is 6.91. The van der Waals surface area contributed by atoms with Crippen molar-refractivity contribution in [2.75, 3.05) is 12.9 Å². The number of methoxy groups -OCH3 is 1. The number of ether oxygens (including phenoxy) is 1. The summed E-state index contributed by atoms with van der Waals surface area (Å²) in [5.74, 6) is 1.98. The first-order valence-electron chi connectivity index (χ1n) is 5.50. The fourth-order valence-corrected chi connectivity index (χ4v) is 2.45. The summed E-state index contributed by atoms with van der Waals surface area (Å²) in [5, 5.41) is 0.997. The fraction of sp³-hybridized carbons (Fsp3) is 0.417. The number of aromatic nitrogens is 2. The highest BCUT2D eigenvalue weighted by molar-refractivity contribution is 8.93. The van der Waals surface area contributed by atoms with Crippen molar-refractivity contribution in [3.63, 3.8) is 0 Å². The van der Waals surface area contributed by atoms with E-state index in [1.807, 2.05) is 18.2 Å². The van der Waals surface area contributed by atoms with Crippen molar-refractivity contribution in [1.82, 2.24) is 9.97 Å². The molecule has 2 aromatic rings. The Morgan fingerprint density at radius 3 is 2.94 bits per heavy atom. The lowest BCUT2D eigenvalue weighted by Crippen LogP contribution is -1.81. The topological polar surface area (TPSA) is 37.9 Å². The van der Waals surface area contributed by atoms with Crippen LogP contribution in [0.2, 0.25) is 0 Å². The van der Waals surface area contributed by atoms with E-state index in [9.17, 15) is 0 Å². The first-order valence-corrected chi connectivity index (χ1v) is 6.48. The van der Waals surface area contributed by atoms with Crippen LogP contribution in [0.1, 0.15) is 19.8 Å². The zero-order valence-electron chi connectivity index (χ0n) is 10.0. The third-order valence-corrected chi connectivity index (χ3v) is 3.36. The normalized spacial score (nSPS) is 10.2. The molecule has 5 heteroatoms. The van der Waals surface area contributed by atoms with Gasteiger partial charge in [0.15, 0.2) is 5.16 Å². The highest BCUT2D eigenvalue weighted by atomic mass is 79.9. The summed E-state index contributed by atoms with van der Waals surface area (Å²) in [6.45, 7) is 2.20. The first kappa shape index (κ1) is 14.4. The number of fused-ring (bicyclic) bond motifs is 1. The number of unbranched alkanes of at least 4 members (excludes halogenated alkanes) is 1. The van der Waals surface area contributed by atoms with E-state index in [1.165, 1.54) is 12.8 Å². The zero-order chi connectivity index (χ0) is 11.4. The molecule has 94 valence electrons. The van der Waals surface area contributed by atoms with Crippen molar-refractivity contribution in [2.45, 2.75) is 24.9 Å². The molecular weight excluding hydrogens is 300 g/mol. The average molecular weight is 317 g/mol. The van der Waals surface area contributed by atoms with Crippen LogP contribution >= 0.6 is 28.7 Å². The second-order valence-electron chi connectivity index (χ2n) is 3.63. The van der Waals surface area contributed by atoms with Gasteiger partial charge in [-0.2, -0.15) is 0 Å². The first-order chi connectivity index (χ1) is 7.83. The molecule has 0 spiro atoms. The lowest BCUT2D eigenvalue weighted by molar-refractivity contribution is 0.415. The molecule has 0 fully saturated rings. The number of nitrogens with one attached hydrogen (secondary N) is 1. The number of halogens is 1. The van der Waals surface area contributed by atoms with Gasteiger partial charge in [0.05, 0.1) is 18.1 Å². The summed E-state index contributed by atoms with van der Waals surface area (Å²) in [6, 6.07) is 5.89. The number of aromatic amines is 1. The van der Waals surface area contributed by atoms with Crippen molar-refractivity contribution in [3.05, 3.63) is 18.2 Å². The molecule has 0 unspecified atom stereocenters. The zero-order valence-corrected chi connectivity index (χ0v) is 12.6. The maximum Gasteiger partial charge on any atom is 0.166 e. The fourth-order valence-electron chi connectivity index (χ4n) is 1.47. The highest BCUT2D eigenvalue weighted by Gasteiger charge is 2.03. The van der Waals surface area contributed by atoms with Crippen LogP contribution in [0.25, 0.3) is 11.0 Å². The number of imidazole rings is 1. The quantitative estimate of drug-likeness (QED) is 0.668. The third kappa shape index (κ3) is 3.64. The number of benzene rings is 1. The van der Waals surface area contributed by atoms with Crippen molar-refractivity contribution < 1.29 is 4.74 Å². The molecule has 1 aromatic heterocycles. The Morgan fingerprint density at radius 2 is 2.24 bits per heavy atom. The van der Waals surface area contributed by atoms with Crippen LogP contribution in [0, 0.1) is 0 Å². The molecule has 1 heterocycles. The van der Waals surface area contributed by atoms with Gasteiger partial charge in [-0.3, -0.25) is 0 Å². The lowest BCUT2D eigenvalue weighted by Gasteiger charge is -1.96. The van der Waals surface area contributed by atoms with E-state index in [2.05, 4.69) is 16.9 Å². The number of thioether (sulfide) groups is 1. The summed E-state index contributed by atoms with van der Waals surface area (Å²) >= 11 is 1.78. The molecule has 0 amide bonds. The van der Waals surface area contributed by atoms with Crippen molar-refractivity contribution >= 4 is 39.8 Å². The van der Waals surface area contributed by atoms with Gasteiger partial charge in [-0.15, -0.1) is 17.0 Å². The monoisotopic (exact) mass is 316 g/mol. The van der Waals surface area contributed by atoms with Gasteiger partial charge in [0.1, 0.15) is 5.75 Å². The van der Waals surface area contributed by atoms with Crippen LogP contribution in [0.15, 0.2) is 23.4 Å². The van der Waals surface area contributed by atoms with E-state index in [0.717, 1.165) is 27.7 Å². The van der Waals surface area contributed by atoms with Crippen molar-refractivity contribution in [1.29, 1.82) is 0 Å². The molecule has 17 heavy (non-hydrogen) atoms. The maximum atomic E-state index is 5.18. The highest BCUT2D eigenvalue weighted by Crippen LogP contribution is 2.23. The SMILES string of the molecule is Br.CCCCSc1nc2ccc(OC)cc2[nH]1. The largest absolute Gasteiger partial charge is 0.497 e. The van der Waals surface area contributed by atoms with E-state index >= 15 is 0 Å². The van der Waals surface area contributed by atoms with Gasteiger partial charge in [0.25, 0.3) is 0 Å². The molecule has 0 saturated carbocycles. The predicted octanol–water partition coefficient (Wildman–Crippen LogP) is 4.04. The van der Waals surface area contributed by atoms with Gasteiger partial charge >= 0.3 is 0 Å². The van der Waals surface area contributed by atoms with Gasteiger partial charge in [0.2, 0.25) is 0 Å². The number of hydrogen-bond acceptors (Lipinski definition) is 3.